The van der Waals surface area contributed by atoms with Crippen molar-refractivity contribution in [2.45, 2.75) is 38.4 Å². The Morgan fingerprint density at radius 1 is 1.29 bits per heavy atom. The van der Waals surface area contributed by atoms with Gasteiger partial charge in [0.15, 0.2) is 0 Å². The highest BCUT2D eigenvalue weighted by Crippen LogP contribution is 2.61. The molecule has 0 heterocycles. The number of ether oxygens (including phenoxy) is 1. The van der Waals surface area contributed by atoms with E-state index in [-0.39, 0.29) is 5.92 Å². The maximum atomic E-state index is 11.1. The van der Waals surface area contributed by atoms with Crippen LogP contribution in [0.1, 0.15) is 32.1 Å². The van der Waals surface area contributed by atoms with Gasteiger partial charge in [-0.2, -0.15) is 0 Å². The molecule has 0 amide bonds. The Morgan fingerprint density at radius 2 is 2.06 bits per heavy atom. The smallest absolute Gasteiger partial charge is 0.332 e. The normalized spacial score (nSPS) is 44.4. The summed E-state index contributed by atoms with van der Waals surface area (Å²) in [6.45, 7) is 3.36. The van der Waals surface area contributed by atoms with E-state index in [9.17, 15) is 9.90 Å². The summed E-state index contributed by atoms with van der Waals surface area (Å²) in [5.74, 6) is 2.70. The van der Waals surface area contributed by atoms with Crippen molar-refractivity contribution in [3.63, 3.8) is 0 Å². The molecular formula is C14H20O3. The highest BCUT2D eigenvalue weighted by Gasteiger charge is 2.55. The van der Waals surface area contributed by atoms with Crippen molar-refractivity contribution in [2.75, 3.05) is 0 Å². The SMILES string of the molecule is C=CC(=O)OC(O)C1CCC2C3CCC(C3)C21. The topological polar surface area (TPSA) is 46.5 Å². The minimum absolute atomic E-state index is 0.166. The Labute approximate surface area is 102 Å². The Bertz CT molecular complexity index is 338. The van der Waals surface area contributed by atoms with E-state index in [1.807, 2.05) is 0 Å². The van der Waals surface area contributed by atoms with Crippen molar-refractivity contribution in [2.24, 2.45) is 29.6 Å². The van der Waals surface area contributed by atoms with Gasteiger partial charge in [0.25, 0.3) is 0 Å². The molecule has 3 saturated carbocycles. The van der Waals surface area contributed by atoms with E-state index in [2.05, 4.69) is 6.58 Å². The van der Waals surface area contributed by atoms with Gasteiger partial charge in [-0.25, -0.2) is 4.79 Å². The molecule has 3 rings (SSSR count). The van der Waals surface area contributed by atoms with Crippen LogP contribution in [0, 0.1) is 29.6 Å². The number of aliphatic hydroxyl groups excluding tert-OH is 1. The zero-order valence-electron chi connectivity index (χ0n) is 10.0. The predicted molar refractivity (Wildman–Crippen MR) is 62.8 cm³/mol. The molecule has 3 heteroatoms. The summed E-state index contributed by atoms with van der Waals surface area (Å²) in [4.78, 5) is 11.1. The predicted octanol–water partition coefficient (Wildman–Crippen LogP) is 2.11. The Balaban J connectivity index is 1.68. The van der Waals surface area contributed by atoms with E-state index in [1.165, 1.54) is 25.7 Å². The molecule has 2 bridgehead atoms. The molecule has 94 valence electrons. The molecule has 3 nitrogen and oxygen atoms in total. The van der Waals surface area contributed by atoms with Crippen molar-refractivity contribution in [1.82, 2.24) is 0 Å². The molecule has 0 aliphatic heterocycles. The molecule has 0 saturated heterocycles. The van der Waals surface area contributed by atoms with E-state index in [4.69, 9.17) is 4.74 Å². The maximum absolute atomic E-state index is 11.1. The average molecular weight is 236 g/mol. The number of hydrogen-bond donors (Lipinski definition) is 1. The first kappa shape index (κ1) is 11.3. The second kappa shape index (κ2) is 4.13. The van der Waals surface area contributed by atoms with E-state index in [0.29, 0.717) is 5.92 Å². The van der Waals surface area contributed by atoms with Gasteiger partial charge in [0.1, 0.15) is 0 Å². The van der Waals surface area contributed by atoms with Crippen molar-refractivity contribution in [3.8, 4) is 0 Å². The fraction of sp³-hybridized carbons (Fsp3) is 0.786. The first-order valence-electron chi connectivity index (χ1n) is 6.72. The molecular weight excluding hydrogens is 216 g/mol. The molecule has 6 unspecified atom stereocenters. The molecule has 6 atom stereocenters. The van der Waals surface area contributed by atoms with Crippen molar-refractivity contribution in [3.05, 3.63) is 12.7 Å². The third-order valence-electron chi connectivity index (χ3n) is 5.26. The molecule has 17 heavy (non-hydrogen) atoms. The Kier molecular flexibility index (Phi) is 2.74. The minimum Gasteiger partial charge on any atom is -0.433 e. The van der Waals surface area contributed by atoms with Crippen LogP contribution in [0.25, 0.3) is 0 Å². The summed E-state index contributed by atoms with van der Waals surface area (Å²) in [5.41, 5.74) is 0. The third-order valence-corrected chi connectivity index (χ3v) is 5.26. The van der Waals surface area contributed by atoms with Gasteiger partial charge in [0.2, 0.25) is 6.29 Å². The molecule has 3 aliphatic rings. The summed E-state index contributed by atoms with van der Waals surface area (Å²) >= 11 is 0. The molecule has 0 spiro atoms. The van der Waals surface area contributed by atoms with Crippen LogP contribution in [-0.2, 0) is 9.53 Å². The number of carbonyl (C=O) groups is 1. The minimum atomic E-state index is -0.921. The highest BCUT2D eigenvalue weighted by atomic mass is 16.6. The van der Waals surface area contributed by atoms with E-state index in [1.54, 1.807) is 0 Å². The van der Waals surface area contributed by atoms with E-state index < -0.39 is 12.3 Å². The fourth-order valence-corrected chi connectivity index (χ4v) is 4.71. The quantitative estimate of drug-likeness (QED) is 0.464. The Hall–Kier alpha value is -0.830. The van der Waals surface area contributed by atoms with Crippen molar-refractivity contribution >= 4 is 5.97 Å². The number of rotatable bonds is 3. The van der Waals surface area contributed by atoms with Crippen LogP contribution in [0.5, 0.6) is 0 Å². The Morgan fingerprint density at radius 3 is 2.82 bits per heavy atom. The number of carbonyl (C=O) groups excluding carboxylic acids is 1. The van der Waals surface area contributed by atoms with Gasteiger partial charge in [-0.05, 0) is 55.8 Å². The molecule has 0 radical (unpaired) electrons. The number of esters is 1. The van der Waals surface area contributed by atoms with Crippen LogP contribution in [0.15, 0.2) is 12.7 Å². The van der Waals surface area contributed by atoms with Gasteiger partial charge < -0.3 is 9.84 Å². The van der Waals surface area contributed by atoms with Crippen LogP contribution in [-0.4, -0.2) is 17.4 Å². The second-order valence-electron chi connectivity index (χ2n) is 5.85. The first-order chi connectivity index (χ1) is 8.20. The highest BCUT2D eigenvalue weighted by molar-refractivity contribution is 5.81. The van der Waals surface area contributed by atoms with Crippen molar-refractivity contribution in [1.29, 1.82) is 0 Å². The molecule has 3 aliphatic carbocycles. The lowest BCUT2D eigenvalue weighted by atomic mass is 9.78. The summed E-state index contributed by atoms with van der Waals surface area (Å²) in [7, 11) is 0. The van der Waals surface area contributed by atoms with Gasteiger partial charge >= 0.3 is 5.97 Å². The second-order valence-corrected chi connectivity index (χ2v) is 5.85. The van der Waals surface area contributed by atoms with Crippen LogP contribution >= 0.6 is 0 Å². The lowest BCUT2D eigenvalue weighted by Crippen LogP contribution is -2.33. The zero-order valence-corrected chi connectivity index (χ0v) is 10.0. The molecule has 0 aromatic carbocycles. The molecule has 3 fully saturated rings. The van der Waals surface area contributed by atoms with Gasteiger partial charge in [-0.15, -0.1) is 0 Å². The third kappa shape index (κ3) is 1.71. The number of aliphatic hydroxyl groups is 1. The summed E-state index contributed by atoms with van der Waals surface area (Å²) in [6.07, 6.45) is 6.44. The number of hydrogen-bond acceptors (Lipinski definition) is 3. The molecule has 0 aromatic heterocycles. The standard InChI is InChI=1S/C14H20O3/c1-2-12(15)17-14(16)11-6-5-10-8-3-4-9(7-8)13(10)11/h2,8-11,13-14,16H,1,3-7H2. The van der Waals surface area contributed by atoms with Gasteiger partial charge in [0.05, 0.1) is 0 Å². The largest absolute Gasteiger partial charge is 0.433 e. The van der Waals surface area contributed by atoms with E-state index >= 15 is 0 Å². The lowest BCUT2D eigenvalue weighted by Gasteiger charge is -2.30. The lowest BCUT2D eigenvalue weighted by molar-refractivity contribution is -0.175. The van der Waals surface area contributed by atoms with Gasteiger partial charge in [-0.1, -0.05) is 6.58 Å². The van der Waals surface area contributed by atoms with Crippen LogP contribution in [0.4, 0.5) is 0 Å². The van der Waals surface area contributed by atoms with Gasteiger partial charge in [0, 0.05) is 12.0 Å². The molecule has 0 aromatic rings. The zero-order chi connectivity index (χ0) is 12.0. The van der Waals surface area contributed by atoms with Crippen LogP contribution in [0.3, 0.4) is 0 Å². The summed E-state index contributed by atoms with van der Waals surface area (Å²) in [5, 5.41) is 10.0. The van der Waals surface area contributed by atoms with Crippen LogP contribution < -0.4 is 0 Å². The molecule has 1 N–H and O–H groups in total. The summed E-state index contributed by atoms with van der Waals surface area (Å²) < 4.78 is 5.00. The maximum Gasteiger partial charge on any atom is 0.332 e. The van der Waals surface area contributed by atoms with E-state index in [0.717, 1.165) is 30.3 Å². The van der Waals surface area contributed by atoms with Gasteiger partial charge in [-0.3, -0.25) is 0 Å². The number of fused-ring (bicyclic) bond motifs is 5. The average Bonchev–Trinajstić information content (AvgIpc) is 3.00. The summed E-state index contributed by atoms with van der Waals surface area (Å²) in [6, 6.07) is 0. The monoisotopic (exact) mass is 236 g/mol. The van der Waals surface area contributed by atoms with Crippen LogP contribution in [0.2, 0.25) is 0 Å². The van der Waals surface area contributed by atoms with Crippen molar-refractivity contribution < 1.29 is 14.6 Å². The fourth-order valence-electron chi connectivity index (χ4n) is 4.71. The first-order valence-corrected chi connectivity index (χ1v) is 6.72.